The summed E-state index contributed by atoms with van der Waals surface area (Å²) >= 11 is 0. The maximum Gasteiger partial charge on any atom is 0.270 e. The van der Waals surface area contributed by atoms with Crippen molar-refractivity contribution in [3.05, 3.63) is 76.1 Å². The Morgan fingerprint density at radius 2 is 2.14 bits per heavy atom. The molecule has 0 radical (unpaired) electrons. The Balaban J connectivity index is 2.19. The minimum atomic E-state index is -0.990. The van der Waals surface area contributed by atoms with Crippen molar-refractivity contribution < 1.29 is 9.72 Å². The molecule has 1 aromatic carbocycles. The summed E-state index contributed by atoms with van der Waals surface area (Å²) in [6, 6.07) is 12.8. The highest BCUT2D eigenvalue weighted by Crippen LogP contribution is 2.17. The monoisotopic (exact) mass is 293 g/mol. The van der Waals surface area contributed by atoms with Crippen molar-refractivity contribution in [1.82, 2.24) is 4.98 Å². The van der Waals surface area contributed by atoms with Gasteiger partial charge in [-0.05, 0) is 23.8 Å². The van der Waals surface area contributed by atoms with Gasteiger partial charge in [0.2, 0.25) is 0 Å². The van der Waals surface area contributed by atoms with Gasteiger partial charge < -0.3 is 0 Å². The molecular weight excluding hydrogens is 282 g/mol. The number of carbonyl (C=O) groups excluding carboxylic acids is 1. The van der Waals surface area contributed by atoms with Crippen LogP contribution in [0.2, 0.25) is 0 Å². The van der Waals surface area contributed by atoms with Gasteiger partial charge in [0.1, 0.15) is 0 Å². The van der Waals surface area contributed by atoms with Gasteiger partial charge in [0.15, 0.2) is 11.7 Å². The zero-order chi connectivity index (χ0) is 15.9. The molecule has 6 heteroatoms. The minimum absolute atomic E-state index is 0.0591. The highest BCUT2D eigenvalue weighted by molar-refractivity contribution is 6.00. The molecule has 0 spiro atoms. The first-order valence-corrected chi connectivity index (χ1v) is 6.39. The molecule has 1 aromatic heterocycles. The Labute approximate surface area is 126 Å². The van der Waals surface area contributed by atoms with Crippen LogP contribution in [0.15, 0.2) is 54.7 Å². The summed E-state index contributed by atoms with van der Waals surface area (Å²) in [5.74, 6) is -1.41. The molecule has 0 aliphatic heterocycles. The SMILES string of the molecule is N#C[C@H](C(=O)/C=C\c1cccc([N+](=O)[O-])c1)c1ccccn1. The van der Waals surface area contributed by atoms with Gasteiger partial charge >= 0.3 is 0 Å². The number of nitriles is 1. The fourth-order valence-corrected chi connectivity index (χ4v) is 1.84. The third kappa shape index (κ3) is 3.61. The van der Waals surface area contributed by atoms with E-state index in [-0.39, 0.29) is 5.69 Å². The number of benzene rings is 1. The van der Waals surface area contributed by atoms with Crippen LogP contribution in [0, 0.1) is 21.4 Å². The number of nitro groups is 1. The van der Waals surface area contributed by atoms with E-state index in [0.29, 0.717) is 11.3 Å². The van der Waals surface area contributed by atoms with Crippen molar-refractivity contribution in [2.75, 3.05) is 0 Å². The van der Waals surface area contributed by atoms with Crippen molar-refractivity contribution in [1.29, 1.82) is 5.26 Å². The Bertz CT molecular complexity index is 764. The van der Waals surface area contributed by atoms with E-state index in [1.54, 1.807) is 24.3 Å². The van der Waals surface area contributed by atoms with E-state index in [4.69, 9.17) is 5.26 Å². The Morgan fingerprint density at radius 3 is 2.77 bits per heavy atom. The van der Waals surface area contributed by atoms with Crippen LogP contribution in [0.5, 0.6) is 0 Å². The van der Waals surface area contributed by atoms with Gasteiger partial charge in [-0.15, -0.1) is 0 Å². The Hall–Kier alpha value is -3.33. The maximum atomic E-state index is 12.1. The van der Waals surface area contributed by atoms with E-state index in [0.717, 1.165) is 0 Å². The van der Waals surface area contributed by atoms with Crippen molar-refractivity contribution >= 4 is 17.5 Å². The number of non-ortho nitro benzene ring substituents is 1. The molecular formula is C16H11N3O3. The fourth-order valence-electron chi connectivity index (χ4n) is 1.84. The molecule has 6 nitrogen and oxygen atoms in total. The van der Waals surface area contributed by atoms with Crippen LogP contribution in [-0.2, 0) is 4.79 Å². The van der Waals surface area contributed by atoms with Crippen LogP contribution in [0.25, 0.3) is 6.08 Å². The van der Waals surface area contributed by atoms with Crippen molar-refractivity contribution in [3.63, 3.8) is 0 Å². The molecule has 2 aromatic rings. The average molecular weight is 293 g/mol. The van der Waals surface area contributed by atoms with Gasteiger partial charge in [0.25, 0.3) is 5.69 Å². The number of allylic oxidation sites excluding steroid dienone is 1. The van der Waals surface area contributed by atoms with E-state index in [9.17, 15) is 14.9 Å². The lowest BCUT2D eigenvalue weighted by atomic mass is 10.00. The third-order valence-electron chi connectivity index (χ3n) is 2.92. The standard InChI is InChI=1S/C16H11N3O3/c17-11-14(15-6-1-2-9-18-15)16(20)8-7-12-4-3-5-13(10-12)19(21)22/h1-10,14H/b8-7-/t14-/m0/s1. The Morgan fingerprint density at radius 1 is 1.32 bits per heavy atom. The molecule has 0 fully saturated rings. The molecule has 0 amide bonds. The second-order valence-corrected chi connectivity index (χ2v) is 4.40. The molecule has 1 heterocycles. The number of rotatable bonds is 5. The summed E-state index contributed by atoms with van der Waals surface area (Å²) in [5, 5.41) is 19.8. The predicted molar refractivity (Wildman–Crippen MR) is 79.7 cm³/mol. The van der Waals surface area contributed by atoms with Crippen LogP contribution in [0.1, 0.15) is 17.2 Å². The lowest BCUT2D eigenvalue weighted by Gasteiger charge is -2.03. The van der Waals surface area contributed by atoms with Crippen LogP contribution < -0.4 is 0 Å². The number of pyridine rings is 1. The summed E-state index contributed by atoms with van der Waals surface area (Å²) in [7, 11) is 0. The normalized spacial score (nSPS) is 11.8. The summed E-state index contributed by atoms with van der Waals surface area (Å²) < 4.78 is 0. The first kappa shape index (κ1) is 15.1. The fraction of sp³-hybridized carbons (Fsp3) is 0.0625. The molecule has 0 bridgehead atoms. The number of ketones is 1. The van der Waals surface area contributed by atoms with E-state index in [1.807, 2.05) is 6.07 Å². The molecule has 1 atom stereocenters. The first-order valence-electron chi connectivity index (χ1n) is 6.39. The third-order valence-corrected chi connectivity index (χ3v) is 2.92. The second-order valence-electron chi connectivity index (χ2n) is 4.40. The number of hydrogen-bond acceptors (Lipinski definition) is 5. The molecule has 22 heavy (non-hydrogen) atoms. The summed E-state index contributed by atoms with van der Waals surface area (Å²) in [4.78, 5) is 26.3. The lowest BCUT2D eigenvalue weighted by Crippen LogP contribution is -2.09. The largest absolute Gasteiger partial charge is 0.293 e. The minimum Gasteiger partial charge on any atom is -0.293 e. The molecule has 2 rings (SSSR count). The maximum absolute atomic E-state index is 12.1. The Kier molecular flexibility index (Phi) is 4.73. The number of hydrogen-bond donors (Lipinski definition) is 0. The second kappa shape index (κ2) is 6.90. The molecule has 108 valence electrons. The highest BCUT2D eigenvalue weighted by Gasteiger charge is 2.18. The van der Waals surface area contributed by atoms with Crippen LogP contribution >= 0.6 is 0 Å². The van der Waals surface area contributed by atoms with Gasteiger partial charge in [0, 0.05) is 18.3 Å². The zero-order valence-corrected chi connectivity index (χ0v) is 11.4. The van der Waals surface area contributed by atoms with E-state index >= 15 is 0 Å². The summed E-state index contributed by atoms with van der Waals surface area (Å²) in [6.07, 6.45) is 4.20. The van der Waals surface area contributed by atoms with Gasteiger partial charge in [-0.1, -0.05) is 24.3 Å². The number of nitro benzene ring substituents is 1. The number of aromatic nitrogens is 1. The topological polar surface area (TPSA) is 96.9 Å². The smallest absolute Gasteiger partial charge is 0.270 e. The summed E-state index contributed by atoms with van der Waals surface area (Å²) in [6.45, 7) is 0. The quantitative estimate of drug-likeness (QED) is 0.479. The van der Waals surface area contributed by atoms with Crippen LogP contribution in [-0.4, -0.2) is 15.7 Å². The van der Waals surface area contributed by atoms with E-state index in [2.05, 4.69) is 4.98 Å². The van der Waals surface area contributed by atoms with Gasteiger partial charge in [-0.25, -0.2) is 0 Å². The molecule has 0 unspecified atom stereocenters. The molecule has 0 N–H and O–H groups in total. The number of nitrogens with zero attached hydrogens (tertiary/aromatic N) is 3. The summed E-state index contributed by atoms with van der Waals surface area (Å²) in [5.41, 5.74) is 0.829. The zero-order valence-electron chi connectivity index (χ0n) is 11.4. The van der Waals surface area contributed by atoms with Crippen molar-refractivity contribution in [2.24, 2.45) is 0 Å². The first-order chi connectivity index (χ1) is 10.6. The van der Waals surface area contributed by atoms with Crippen molar-refractivity contribution in [2.45, 2.75) is 5.92 Å². The highest BCUT2D eigenvalue weighted by atomic mass is 16.6. The van der Waals surface area contributed by atoms with E-state index in [1.165, 1.54) is 36.5 Å². The van der Waals surface area contributed by atoms with Gasteiger partial charge in [0.05, 0.1) is 16.7 Å². The van der Waals surface area contributed by atoms with Crippen molar-refractivity contribution in [3.8, 4) is 6.07 Å². The van der Waals surface area contributed by atoms with Crippen LogP contribution in [0.3, 0.4) is 0 Å². The number of carbonyl (C=O) groups is 1. The molecule has 0 saturated carbocycles. The van der Waals surface area contributed by atoms with Gasteiger partial charge in [-0.2, -0.15) is 5.26 Å². The van der Waals surface area contributed by atoms with Gasteiger partial charge in [-0.3, -0.25) is 19.9 Å². The molecule has 0 aliphatic rings. The predicted octanol–water partition coefficient (Wildman–Crippen LogP) is 2.88. The van der Waals surface area contributed by atoms with E-state index < -0.39 is 16.6 Å². The molecule has 0 aliphatic carbocycles. The average Bonchev–Trinajstić information content (AvgIpc) is 2.55. The van der Waals surface area contributed by atoms with Crippen LogP contribution in [0.4, 0.5) is 5.69 Å². The molecule has 0 saturated heterocycles. The lowest BCUT2D eigenvalue weighted by molar-refractivity contribution is -0.384.